The monoisotopic (exact) mass is 226 g/mol. The van der Waals surface area contributed by atoms with E-state index in [1.54, 1.807) is 0 Å². The molecule has 0 aliphatic carbocycles. The Morgan fingerprint density at radius 3 is 2.56 bits per heavy atom. The van der Waals surface area contributed by atoms with Crippen LogP contribution >= 0.6 is 0 Å². The molecule has 0 saturated carbocycles. The first kappa shape index (κ1) is 12.3. The molecular formula is C13H26N2O. The van der Waals surface area contributed by atoms with Gasteiger partial charge in [0.05, 0.1) is 12.2 Å². The lowest BCUT2D eigenvalue weighted by Crippen LogP contribution is -2.49. The van der Waals surface area contributed by atoms with E-state index >= 15 is 0 Å². The molecule has 2 heterocycles. The van der Waals surface area contributed by atoms with Crippen molar-refractivity contribution in [3.63, 3.8) is 0 Å². The van der Waals surface area contributed by atoms with Crippen LogP contribution in [0.1, 0.15) is 39.5 Å². The van der Waals surface area contributed by atoms with Crippen molar-refractivity contribution in [2.75, 3.05) is 19.6 Å². The number of nitrogens with two attached hydrogens (primary N) is 1. The predicted molar refractivity (Wildman–Crippen MR) is 66.4 cm³/mol. The highest BCUT2D eigenvalue weighted by Gasteiger charge is 2.31. The van der Waals surface area contributed by atoms with E-state index in [4.69, 9.17) is 10.5 Å². The first-order valence-electron chi connectivity index (χ1n) is 6.78. The molecule has 2 fully saturated rings. The largest absolute Gasteiger partial charge is 0.375 e. The van der Waals surface area contributed by atoms with Gasteiger partial charge in [-0.05, 0) is 58.5 Å². The molecule has 3 atom stereocenters. The van der Waals surface area contributed by atoms with Gasteiger partial charge in [0.1, 0.15) is 0 Å². The summed E-state index contributed by atoms with van der Waals surface area (Å²) in [5, 5.41) is 0. The summed E-state index contributed by atoms with van der Waals surface area (Å²) in [6, 6.07) is 0.730. The molecule has 2 N–H and O–H groups in total. The van der Waals surface area contributed by atoms with E-state index in [1.165, 1.54) is 38.8 Å². The van der Waals surface area contributed by atoms with E-state index in [0.717, 1.165) is 18.5 Å². The van der Waals surface area contributed by atoms with E-state index in [2.05, 4.69) is 18.7 Å². The van der Waals surface area contributed by atoms with Crippen LogP contribution in [0.4, 0.5) is 0 Å². The number of piperidine rings is 1. The molecule has 0 spiro atoms. The molecule has 16 heavy (non-hydrogen) atoms. The molecular weight excluding hydrogens is 200 g/mol. The second-order valence-electron chi connectivity index (χ2n) is 5.62. The lowest BCUT2D eigenvalue weighted by atomic mass is 9.92. The summed E-state index contributed by atoms with van der Waals surface area (Å²) in [4.78, 5) is 2.66. The van der Waals surface area contributed by atoms with E-state index in [1.807, 2.05) is 0 Å². The van der Waals surface area contributed by atoms with Crippen LogP contribution in [0.15, 0.2) is 0 Å². The highest BCUT2D eigenvalue weighted by molar-refractivity contribution is 4.85. The van der Waals surface area contributed by atoms with Gasteiger partial charge >= 0.3 is 0 Å². The molecule has 0 amide bonds. The van der Waals surface area contributed by atoms with Gasteiger partial charge in [-0.1, -0.05) is 0 Å². The number of nitrogens with zero attached hydrogens (tertiary/aromatic N) is 1. The zero-order chi connectivity index (χ0) is 11.5. The number of hydrogen-bond donors (Lipinski definition) is 1. The number of rotatable bonds is 2. The average molecular weight is 226 g/mol. The van der Waals surface area contributed by atoms with E-state index in [-0.39, 0.29) is 0 Å². The minimum atomic E-state index is 0.423. The van der Waals surface area contributed by atoms with Crippen molar-refractivity contribution in [3.05, 3.63) is 0 Å². The molecule has 0 aromatic heterocycles. The molecule has 0 aromatic carbocycles. The Morgan fingerprint density at radius 1 is 1.25 bits per heavy atom. The number of likely N-dealkylation sites (tertiary alicyclic amines) is 1. The third-order valence-electron chi connectivity index (χ3n) is 4.07. The maximum absolute atomic E-state index is 5.81. The van der Waals surface area contributed by atoms with Crippen molar-refractivity contribution in [1.29, 1.82) is 0 Å². The molecule has 2 rings (SSSR count). The first-order chi connectivity index (χ1) is 7.69. The predicted octanol–water partition coefficient (Wildman–Crippen LogP) is 1.61. The molecule has 0 aromatic rings. The van der Waals surface area contributed by atoms with Crippen LogP contribution in [0, 0.1) is 5.92 Å². The second-order valence-corrected chi connectivity index (χ2v) is 5.62. The Bertz CT molecular complexity index is 212. The maximum atomic E-state index is 5.81. The van der Waals surface area contributed by atoms with Crippen LogP contribution in [0.2, 0.25) is 0 Å². The van der Waals surface area contributed by atoms with Crippen molar-refractivity contribution in [3.8, 4) is 0 Å². The Labute approximate surface area is 99.3 Å². The van der Waals surface area contributed by atoms with Crippen molar-refractivity contribution in [1.82, 2.24) is 4.90 Å². The summed E-state index contributed by atoms with van der Waals surface area (Å²) in [6.07, 6.45) is 5.88. The minimum absolute atomic E-state index is 0.423. The molecule has 0 radical (unpaired) electrons. The fourth-order valence-corrected chi connectivity index (χ4v) is 3.29. The van der Waals surface area contributed by atoms with Gasteiger partial charge in [-0.25, -0.2) is 0 Å². The number of ether oxygens (including phenoxy) is 1. The van der Waals surface area contributed by atoms with Crippen molar-refractivity contribution < 1.29 is 4.74 Å². The van der Waals surface area contributed by atoms with Crippen LogP contribution in [-0.4, -0.2) is 42.8 Å². The van der Waals surface area contributed by atoms with Crippen LogP contribution < -0.4 is 5.73 Å². The smallest absolute Gasteiger partial charge is 0.0565 e. The van der Waals surface area contributed by atoms with Crippen LogP contribution in [-0.2, 0) is 4.74 Å². The van der Waals surface area contributed by atoms with Crippen molar-refractivity contribution in [2.45, 2.75) is 57.8 Å². The quantitative estimate of drug-likeness (QED) is 0.777. The summed E-state index contributed by atoms with van der Waals surface area (Å²) in [7, 11) is 0. The SMILES string of the molecule is CC1CC(N2CCCC(CN)C2)CC(C)O1. The van der Waals surface area contributed by atoms with Gasteiger partial charge in [0.15, 0.2) is 0 Å². The van der Waals surface area contributed by atoms with Crippen LogP contribution in [0.3, 0.4) is 0 Å². The molecule has 3 heteroatoms. The summed E-state index contributed by atoms with van der Waals surface area (Å²) in [6.45, 7) is 7.73. The van der Waals surface area contributed by atoms with E-state index in [0.29, 0.717) is 12.2 Å². The molecule has 3 unspecified atom stereocenters. The van der Waals surface area contributed by atoms with Gasteiger partial charge in [0, 0.05) is 12.6 Å². The molecule has 0 bridgehead atoms. The zero-order valence-electron chi connectivity index (χ0n) is 10.7. The standard InChI is InChI=1S/C13H26N2O/c1-10-6-13(7-11(2)16-10)15-5-3-4-12(8-14)9-15/h10-13H,3-9,14H2,1-2H3. The van der Waals surface area contributed by atoms with E-state index in [9.17, 15) is 0 Å². The summed E-state index contributed by atoms with van der Waals surface area (Å²) >= 11 is 0. The van der Waals surface area contributed by atoms with Crippen molar-refractivity contribution in [2.24, 2.45) is 11.7 Å². The van der Waals surface area contributed by atoms with Gasteiger partial charge in [0.25, 0.3) is 0 Å². The molecule has 3 nitrogen and oxygen atoms in total. The fraction of sp³-hybridized carbons (Fsp3) is 1.00. The van der Waals surface area contributed by atoms with E-state index < -0.39 is 0 Å². The maximum Gasteiger partial charge on any atom is 0.0565 e. The summed E-state index contributed by atoms with van der Waals surface area (Å²) in [5.74, 6) is 0.724. The first-order valence-corrected chi connectivity index (χ1v) is 6.78. The third-order valence-corrected chi connectivity index (χ3v) is 4.07. The van der Waals surface area contributed by atoms with Gasteiger partial charge < -0.3 is 10.5 Å². The Balaban J connectivity index is 1.90. The van der Waals surface area contributed by atoms with Gasteiger partial charge in [-0.2, -0.15) is 0 Å². The van der Waals surface area contributed by atoms with Gasteiger partial charge in [0.2, 0.25) is 0 Å². The van der Waals surface area contributed by atoms with Crippen molar-refractivity contribution >= 4 is 0 Å². The summed E-state index contributed by atoms with van der Waals surface area (Å²) in [5.41, 5.74) is 5.80. The Hall–Kier alpha value is -0.120. The van der Waals surface area contributed by atoms with Gasteiger partial charge in [-0.3, -0.25) is 4.90 Å². The molecule has 2 saturated heterocycles. The second kappa shape index (κ2) is 5.48. The zero-order valence-corrected chi connectivity index (χ0v) is 10.7. The van der Waals surface area contributed by atoms with Crippen LogP contribution in [0.25, 0.3) is 0 Å². The summed E-state index contributed by atoms with van der Waals surface area (Å²) < 4.78 is 5.81. The highest BCUT2D eigenvalue weighted by atomic mass is 16.5. The average Bonchev–Trinajstić information content (AvgIpc) is 2.28. The normalized spacial score (nSPS) is 42.2. The minimum Gasteiger partial charge on any atom is -0.375 e. The molecule has 94 valence electrons. The van der Waals surface area contributed by atoms with Crippen LogP contribution in [0.5, 0.6) is 0 Å². The topological polar surface area (TPSA) is 38.5 Å². The highest BCUT2D eigenvalue weighted by Crippen LogP contribution is 2.27. The van der Waals surface area contributed by atoms with Gasteiger partial charge in [-0.15, -0.1) is 0 Å². The molecule has 2 aliphatic heterocycles. The lowest BCUT2D eigenvalue weighted by molar-refractivity contribution is -0.0705. The lowest BCUT2D eigenvalue weighted by Gasteiger charge is -2.43. The fourth-order valence-electron chi connectivity index (χ4n) is 3.29. The molecule has 2 aliphatic rings. The Kier molecular flexibility index (Phi) is 4.22. The third kappa shape index (κ3) is 2.96. The Morgan fingerprint density at radius 2 is 1.94 bits per heavy atom. The number of hydrogen-bond acceptors (Lipinski definition) is 3.